The van der Waals surface area contributed by atoms with Crippen molar-refractivity contribution in [2.24, 2.45) is 5.92 Å². The number of methoxy groups -OCH3 is 1. The molecule has 0 bridgehead atoms. The molecule has 0 aliphatic carbocycles. The summed E-state index contributed by atoms with van der Waals surface area (Å²) in [5, 5.41) is 0. The van der Waals surface area contributed by atoms with Gasteiger partial charge in [0.15, 0.2) is 0 Å². The zero-order valence-electron chi connectivity index (χ0n) is 7.59. The van der Waals surface area contributed by atoms with E-state index in [1.165, 1.54) is 14.0 Å². The average Bonchev–Trinajstić information content (AvgIpc) is 2.04. The van der Waals surface area contributed by atoms with Crippen LogP contribution in [0, 0.1) is 5.92 Å². The van der Waals surface area contributed by atoms with Gasteiger partial charge in [-0.1, -0.05) is 13.8 Å². The molecule has 0 saturated carbocycles. The first kappa shape index (κ1) is 12.8. The molecule has 0 N–H and O–H groups in total. The fourth-order valence-corrected chi connectivity index (χ4v) is 0.0962. The van der Waals surface area contributed by atoms with E-state index in [2.05, 4.69) is 4.74 Å². The van der Waals surface area contributed by atoms with Crippen LogP contribution >= 0.6 is 0 Å². The molecule has 11 heavy (non-hydrogen) atoms. The molecule has 3 heteroatoms. The van der Waals surface area contributed by atoms with Crippen LogP contribution in [0.2, 0.25) is 0 Å². The van der Waals surface area contributed by atoms with Crippen LogP contribution in [0.3, 0.4) is 0 Å². The fourth-order valence-electron chi connectivity index (χ4n) is 0.0962. The zero-order chi connectivity index (χ0) is 9.28. The van der Waals surface area contributed by atoms with Gasteiger partial charge >= 0.3 is 5.97 Å². The lowest BCUT2D eigenvalue weighted by atomic mass is 10.2. The van der Waals surface area contributed by atoms with Crippen LogP contribution in [0.15, 0.2) is 0 Å². The van der Waals surface area contributed by atoms with Crippen LogP contribution in [0.25, 0.3) is 0 Å². The van der Waals surface area contributed by atoms with E-state index < -0.39 is 0 Å². The van der Waals surface area contributed by atoms with Crippen molar-refractivity contribution in [1.29, 1.82) is 0 Å². The van der Waals surface area contributed by atoms with E-state index in [-0.39, 0.29) is 11.9 Å². The third-order valence-corrected chi connectivity index (χ3v) is 1.16. The maximum atomic E-state index is 9.74. The minimum Gasteiger partial charge on any atom is -0.469 e. The normalized spacial score (nSPS) is 10.5. The second-order valence-corrected chi connectivity index (χ2v) is 2.22. The van der Waals surface area contributed by atoms with Gasteiger partial charge < -0.3 is 9.53 Å². The third kappa shape index (κ3) is 17.6. The smallest absolute Gasteiger partial charge is 0.302 e. The Labute approximate surface area is 67.7 Å². The number of rotatable bonds is 2. The zero-order valence-corrected chi connectivity index (χ0v) is 7.59. The number of hydrogen-bond acceptors (Lipinski definition) is 3. The van der Waals surface area contributed by atoms with E-state index in [4.69, 9.17) is 0 Å². The SMILES string of the molecule is CCC(C)C=O.COC(C)=O. The minimum absolute atomic E-state index is 0.245. The highest BCUT2D eigenvalue weighted by Crippen LogP contribution is 1.91. The standard InChI is InChI=1S/C5H10O.C3H6O2/c1-3-5(2)4-6;1-3(4)5-2/h4-5H,3H2,1-2H3;1-2H3. The molecule has 0 amide bonds. The Bertz CT molecular complexity index is 110. The number of carbonyl (C=O) groups is 2. The predicted molar refractivity (Wildman–Crippen MR) is 43.2 cm³/mol. The lowest BCUT2D eigenvalue weighted by molar-refractivity contribution is -0.137. The molecule has 0 rings (SSSR count). The summed E-state index contributed by atoms with van der Waals surface area (Å²) in [5.74, 6) is 0.00926. The second-order valence-electron chi connectivity index (χ2n) is 2.22. The predicted octanol–water partition coefficient (Wildman–Crippen LogP) is 1.41. The summed E-state index contributed by atoms with van der Waals surface area (Å²) in [5.41, 5.74) is 0. The minimum atomic E-state index is -0.245. The summed E-state index contributed by atoms with van der Waals surface area (Å²) in [6.45, 7) is 5.27. The van der Waals surface area contributed by atoms with Gasteiger partial charge in [0.05, 0.1) is 7.11 Å². The van der Waals surface area contributed by atoms with Gasteiger partial charge in [-0.25, -0.2) is 0 Å². The molecule has 1 atom stereocenters. The Balaban J connectivity index is 0. The maximum Gasteiger partial charge on any atom is 0.302 e. The molecule has 0 heterocycles. The van der Waals surface area contributed by atoms with Crippen molar-refractivity contribution in [3.05, 3.63) is 0 Å². The monoisotopic (exact) mass is 160 g/mol. The Hall–Kier alpha value is -0.860. The van der Waals surface area contributed by atoms with Gasteiger partial charge in [-0.05, 0) is 6.42 Å². The van der Waals surface area contributed by atoms with Crippen molar-refractivity contribution in [1.82, 2.24) is 0 Å². The van der Waals surface area contributed by atoms with Gasteiger partial charge in [0, 0.05) is 12.8 Å². The molecule has 0 fully saturated rings. The molecule has 66 valence electrons. The highest BCUT2D eigenvalue weighted by atomic mass is 16.5. The largest absolute Gasteiger partial charge is 0.469 e. The van der Waals surface area contributed by atoms with Crippen molar-refractivity contribution in [2.45, 2.75) is 27.2 Å². The highest BCUT2D eigenvalue weighted by molar-refractivity contribution is 5.65. The van der Waals surface area contributed by atoms with Crippen molar-refractivity contribution in [3.63, 3.8) is 0 Å². The van der Waals surface area contributed by atoms with Crippen LogP contribution in [0.4, 0.5) is 0 Å². The number of carbonyl (C=O) groups excluding carboxylic acids is 2. The molecule has 1 unspecified atom stereocenters. The summed E-state index contributed by atoms with van der Waals surface area (Å²) in [6, 6.07) is 0. The molecule has 0 aromatic carbocycles. The third-order valence-electron chi connectivity index (χ3n) is 1.16. The average molecular weight is 160 g/mol. The second kappa shape index (κ2) is 9.14. The van der Waals surface area contributed by atoms with E-state index in [1.54, 1.807) is 0 Å². The molecule has 0 aromatic heterocycles. The van der Waals surface area contributed by atoms with Crippen LogP contribution in [-0.4, -0.2) is 19.4 Å². The van der Waals surface area contributed by atoms with E-state index in [0.29, 0.717) is 0 Å². The van der Waals surface area contributed by atoms with Gasteiger partial charge in [0.1, 0.15) is 6.29 Å². The van der Waals surface area contributed by atoms with Gasteiger partial charge in [-0.3, -0.25) is 4.79 Å². The van der Waals surface area contributed by atoms with Crippen LogP contribution < -0.4 is 0 Å². The summed E-state index contributed by atoms with van der Waals surface area (Å²) in [4.78, 5) is 19.3. The van der Waals surface area contributed by atoms with Gasteiger partial charge in [-0.2, -0.15) is 0 Å². The lowest BCUT2D eigenvalue weighted by Crippen LogP contribution is -1.89. The van der Waals surface area contributed by atoms with Crippen LogP contribution in [0.5, 0.6) is 0 Å². The van der Waals surface area contributed by atoms with Crippen molar-refractivity contribution in [3.8, 4) is 0 Å². The first-order valence-corrected chi connectivity index (χ1v) is 3.58. The number of esters is 1. The molecule has 0 aliphatic rings. The molecular weight excluding hydrogens is 144 g/mol. The van der Waals surface area contributed by atoms with Crippen molar-refractivity contribution in [2.75, 3.05) is 7.11 Å². The summed E-state index contributed by atoms with van der Waals surface area (Å²) in [7, 11) is 1.35. The number of hydrogen-bond donors (Lipinski definition) is 0. The molecule has 0 aromatic rings. The maximum absolute atomic E-state index is 9.74. The molecule has 0 radical (unpaired) electrons. The first-order valence-electron chi connectivity index (χ1n) is 3.58. The first-order chi connectivity index (χ1) is 5.08. The van der Waals surface area contributed by atoms with Crippen molar-refractivity contribution < 1.29 is 14.3 Å². The quantitative estimate of drug-likeness (QED) is 0.453. The van der Waals surface area contributed by atoms with Gasteiger partial charge in [-0.15, -0.1) is 0 Å². The van der Waals surface area contributed by atoms with Gasteiger partial charge in [0.2, 0.25) is 0 Å². The number of aldehydes is 1. The molecule has 0 aliphatic heterocycles. The Morgan fingerprint density at radius 1 is 1.64 bits per heavy atom. The number of ether oxygens (including phenoxy) is 1. The summed E-state index contributed by atoms with van der Waals surface area (Å²) < 4.78 is 4.11. The van der Waals surface area contributed by atoms with E-state index in [1.807, 2.05) is 13.8 Å². The molecule has 3 nitrogen and oxygen atoms in total. The van der Waals surface area contributed by atoms with Crippen LogP contribution in [0.1, 0.15) is 27.2 Å². The molecule has 0 spiro atoms. The van der Waals surface area contributed by atoms with E-state index >= 15 is 0 Å². The summed E-state index contributed by atoms with van der Waals surface area (Å²) in [6.07, 6.45) is 1.93. The van der Waals surface area contributed by atoms with Crippen molar-refractivity contribution >= 4 is 12.3 Å². The van der Waals surface area contributed by atoms with Crippen LogP contribution in [-0.2, 0) is 14.3 Å². The lowest BCUT2D eigenvalue weighted by Gasteiger charge is -1.89. The van der Waals surface area contributed by atoms with E-state index in [0.717, 1.165) is 12.7 Å². The summed E-state index contributed by atoms with van der Waals surface area (Å²) >= 11 is 0. The Kier molecular flexibility index (Phi) is 10.6. The molecule has 0 saturated heterocycles. The Morgan fingerprint density at radius 3 is 2.00 bits per heavy atom. The topological polar surface area (TPSA) is 43.4 Å². The highest BCUT2D eigenvalue weighted by Gasteiger charge is 1.89. The van der Waals surface area contributed by atoms with E-state index in [9.17, 15) is 9.59 Å². The Morgan fingerprint density at radius 2 is 2.00 bits per heavy atom. The fraction of sp³-hybridized carbons (Fsp3) is 0.750. The van der Waals surface area contributed by atoms with Gasteiger partial charge in [0.25, 0.3) is 0 Å². The molecular formula is C8H16O3.